The molecular weight excluding hydrogens is 288 g/mol. The Kier molecular flexibility index (Phi) is 4.83. The third-order valence-corrected chi connectivity index (χ3v) is 3.53. The molecule has 0 heterocycles. The number of carbonyl (C=O) groups excluding carboxylic acids is 1. The zero-order valence-corrected chi connectivity index (χ0v) is 12.3. The smallest absolute Gasteiger partial charge is 0.234 e. The molecule has 4 N–H and O–H groups in total. The molecule has 0 aliphatic rings. The van der Waals surface area contributed by atoms with Gasteiger partial charge in [0.25, 0.3) is 0 Å². The van der Waals surface area contributed by atoms with Crippen molar-refractivity contribution in [3.05, 3.63) is 64.7 Å². The van der Waals surface area contributed by atoms with E-state index in [0.717, 1.165) is 11.1 Å². The van der Waals surface area contributed by atoms with Crippen LogP contribution in [-0.2, 0) is 4.79 Å². The van der Waals surface area contributed by atoms with Crippen LogP contribution in [0.5, 0.6) is 5.75 Å². The van der Waals surface area contributed by atoms with Gasteiger partial charge in [-0.1, -0.05) is 35.9 Å². The molecule has 2 rings (SSSR count). The largest absolute Gasteiger partial charge is 0.508 e. The van der Waals surface area contributed by atoms with E-state index in [1.807, 2.05) is 12.1 Å². The maximum Gasteiger partial charge on any atom is 0.234 e. The Morgan fingerprint density at radius 2 is 1.57 bits per heavy atom. The van der Waals surface area contributed by atoms with Crippen LogP contribution >= 0.6 is 11.6 Å². The van der Waals surface area contributed by atoms with Gasteiger partial charge in [0.2, 0.25) is 5.91 Å². The molecule has 0 spiro atoms. The predicted octanol–water partition coefficient (Wildman–Crippen LogP) is 2.60. The van der Waals surface area contributed by atoms with Crippen molar-refractivity contribution < 1.29 is 9.90 Å². The number of hydrogen-bond donors (Lipinski definition) is 3. The zero-order chi connectivity index (χ0) is 15.4. The van der Waals surface area contributed by atoms with Gasteiger partial charge in [-0.25, -0.2) is 0 Å². The van der Waals surface area contributed by atoms with Gasteiger partial charge >= 0.3 is 0 Å². The van der Waals surface area contributed by atoms with Gasteiger partial charge < -0.3 is 10.8 Å². The van der Waals surface area contributed by atoms with Crippen molar-refractivity contribution in [3.8, 4) is 5.75 Å². The van der Waals surface area contributed by atoms with E-state index in [2.05, 4.69) is 5.32 Å². The summed E-state index contributed by atoms with van der Waals surface area (Å²) in [5.41, 5.74) is 7.20. The first-order valence-corrected chi connectivity index (χ1v) is 6.95. The van der Waals surface area contributed by atoms with E-state index >= 15 is 0 Å². The lowest BCUT2D eigenvalue weighted by Crippen LogP contribution is -2.41. The van der Waals surface area contributed by atoms with Crippen molar-refractivity contribution in [3.63, 3.8) is 0 Å². The van der Waals surface area contributed by atoms with E-state index in [9.17, 15) is 9.90 Å². The Morgan fingerprint density at radius 3 is 2.05 bits per heavy atom. The van der Waals surface area contributed by atoms with Gasteiger partial charge in [0, 0.05) is 5.02 Å². The molecule has 1 amide bonds. The third-order valence-electron chi connectivity index (χ3n) is 3.27. The van der Waals surface area contributed by atoms with Gasteiger partial charge in [0.05, 0.1) is 12.1 Å². The highest BCUT2D eigenvalue weighted by molar-refractivity contribution is 6.30. The molecule has 5 heteroatoms. The third kappa shape index (κ3) is 3.97. The maximum atomic E-state index is 11.3. The summed E-state index contributed by atoms with van der Waals surface area (Å²) in [7, 11) is 0. The van der Waals surface area contributed by atoms with Crippen LogP contribution in [0.3, 0.4) is 0 Å². The molecule has 0 bridgehead atoms. The minimum absolute atomic E-state index is 0.191. The molecule has 2 unspecified atom stereocenters. The SMILES string of the molecule is CC(NC(c1ccc(O)cc1)c1ccc(Cl)cc1)C(N)=O. The summed E-state index contributed by atoms with van der Waals surface area (Å²) in [4.78, 5) is 11.3. The lowest BCUT2D eigenvalue weighted by Gasteiger charge is -2.23. The molecule has 2 atom stereocenters. The number of phenols is 1. The molecule has 0 saturated carbocycles. The summed E-state index contributed by atoms with van der Waals surface area (Å²) >= 11 is 5.91. The van der Waals surface area contributed by atoms with Crippen LogP contribution in [0.4, 0.5) is 0 Å². The molecule has 2 aromatic rings. The van der Waals surface area contributed by atoms with Crippen molar-refractivity contribution >= 4 is 17.5 Å². The van der Waals surface area contributed by atoms with Crippen molar-refractivity contribution in [1.29, 1.82) is 0 Å². The molecule has 2 aromatic carbocycles. The second kappa shape index (κ2) is 6.61. The Labute approximate surface area is 128 Å². The number of primary amides is 1. The van der Waals surface area contributed by atoms with Crippen molar-refractivity contribution in [2.45, 2.75) is 19.0 Å². The topological polar surface area (TPSA) is 75.3 Å². The van der Waals surface area contributed by atoms with Crippen LogP contribution in [-0.4, -0.2) is 17.1 Å². The van der Waals surface area contributed by atoms with Gasteiger partial charge in [-0.2, -0.15) is 0 Å². The second-order valence-corrected chi connectivity index (χ2v) is 5.30. The van der Waals surface area contributed by atoms with Gasteiger partial charge in [-0.3, -0.25) is 10.1 Å². The van der Waals surface area contributed by atoms with Crippen LogP contribution in [0, 0.1) is 0 Å². The van der Waals surface area contributed by atoms with E-state index < -0.39 is 11.9 Å². The quantitative estimate of drug-likeness (QED) is 0.795. The standard InChI is InChI=1S/C16H17ClN2O2/c1-10(16(18)21)19-15(11-2-6-13(17)7-3-11)12-4-8-14(20)9-5-12/h2-10,15,19-20H,1H3,(H2,18,21). The maximum absolute atomic E-state index is 11.3. The number of rotatable bonds is 5. The van der Waals surface area contributed by atoms with Gasteiger partial charge in [-0.15, -0.1) is 0 Å². The fraction of sp³-hybridized carbons (Fsp3) is 0.188. The molecule has 0 fully saturated rings. The Bertz CT molecular complexity index is 566. The summed E-state index contributed by atoms with van der Waals surface area (Å²) in [6.45, 7) is 1.71. The number of hydrogen-bond acceptors (Lipinski definition) is 3. The lowest BCUT2D eigenvalue weighted by atomic mass is 9.97. The van der Waals surface area contributed by atoms with Gasteiger partial charge in [0.15, 0.2) is 0 Å². The van der Waals surface area contributed by atoms with Crippen molar-refractivity contribution in [2.75, 3.05) is 0 Å². The van der Waals surface area contributed by atoms with E-state index in [4.69, 9.17) is 17.3 Å². The lowest BCUT2D eigenvalue weighted by molar-refractivity contribution is -0.119. The van der Waals surface area contributed by atoms with Crippen LogP contribution in [0.15, 0.2) is 48.5 Å². The normalized spacial score (nSPS) is 13.6. The fourth-order valence-electron chi connectivity index (χ4n) is 2.04. The van der Waals surface area contributed by atoms with Crippen LogP contribution < -0.4 is 11.1 Å². The van der Waals surface area contributed by atoms with Crippen molar-refractivity contribution in [1.82, 2.24) is 5.32 Å². The number of aromatic hydroxyl groups is 1. The number of nitrogens with two attached hydrogens (primary N) is 1. The predicted molar refractivity (Wildman–Crippen MR) is 83.2 cm³/mol. The minimum atomic E-state index is -0.487. The van der Waals surface area contributed by atoms with Crippen LogP contribution in [0.2, 0.25) is 5.02 Å². The average Bonchev–Trinajstić information content (AvgIpc) is 2.46. The van der Waals surface area contributed by atoms with E-state index in [1.54, 1.807) is 43.3 Å². The van der Waals surface area contributed by atoms with E-state index in [-0.39, 0.29) is 11.8 Å². The highest BCUT2D eigenvalue weighted by Gasteiger charge is 2.19. The minimum Gasteiger partial charge on any atom is -0.508 e. The van der Waals surface area contributed by atoms with Crippen molar-refractivity contribution in [2.24, 2.45) is 5.73 Å². The number of halogens is 1. The van der Waals surface area contributed by atoms with Gasteiger partial charge in [0.1, 0.15) is 5.75 Å². The molecule has 110 valence electrons. The number of phenolic OH excluding ortho intramolecular Hbond substituents is 1. The van der Waals surface area contributed by atoms with Crippen LogP contribution in [0.25, 0.3) is 0 Å². The Hall–Kier alpha value is -2.04. The zero-order valence-electron chi connectivity index (χ0n) is 11.6. The molecule has 0 saturated heterocycles. The molecule has 21 heavy (non-hydrogen) atoms. The number of amides is 1. The molecule has 4 nitrogen and oxygen atoms in total. The highest BCUT2D eigenvalue weighted by Crippen LogP contribution is 2.25. The molecule has 0 aliphatic carbocycles. The van der Waals surface area contributed by atoms with Gasteiger partial charge in [-0.05, 0) is 42.3 Å². The first kappa shape index (κ1) is 15.4. The summed E-state index contributed by atoms with van der Waals surface area (Å²) < 4.78 is 0. The van der Waals surface area contributed by atoms with Crippen LogP contribution in [0.1, 0.15) is 24.1 Å². The number of benzene rings is 2. The molecule has 0 aromatic heterocycles. The van der Waals surface area contributed by atoms with E-state index in [1.165, 1.54) is 0 Å². The highest BCUT2D eigenvalue weighted by atomic mass is 35.5. The molecule has 0 radical (unpaired) electrons. The second-order valence-electron chi connectivity index (χ2n) is 4.87. The first-order valence-electron chi connectivity index (χ1n) is 6.57. The molecular formula is C16H17ClN2O2. The number of nitrogens with one attached hydrogen (secondary N) is 1. The number of carbonyl (C=O) groups is 1. The first-order chi connectivity index (χ1) is 9.97. The van der Waals surface area contributed by atoms with E-state index in [0.29, 0.717) is 5.02 Å². The molecule has 0 aliphatic heterocycles. The average molecular weight is 305 g/mol. The summed E-state index contributed by atoms with van der Waals surface area (Å²) in [5.74, 6) is -0.232. The Balaban J connectivity index is 2.36. The monoisotopic (exact) mass is 304 g/mol. The summed E-state index contributed by atoms with van der Waals surface area (Å²) in [5, 5.41) is 13.2. The Morgan fingerprint density at radius 1 is 1.10 bits per heavy atom. The summed E-state index contributed by atoms with van der Waals surface area (Å²) in [6.07, 6.45) is 0. The summed E-state index contributed by atoms with van der Waals surface area (Å²) in [6, 6.07) is 13.5. The fourth-order valence-corrected chi connectivity index (χ4v) is 2.17.